The summed E-state index contributed by atoms with van der Waals surface area (Å²) in [5, 5.41) is 1.55. The molecule has 1 aromatic rings. The van der Waals surface area contributed by atoms with E-state index in [0.717, 1.165) is 21.9 Å². The molecule has 1 fully saturated rings. The van der Waals surface area contributed by atoms with Crippen LogP contribution >= 0.6 is 22.9 Å². The zero-order valence-electron chi connectivity index (χ0n) is 14.9. The lowest BCUT2D eigenvalue weighted by molar-refractivity contribution is -0.0226. The van der Waals surface area contributed by atoms with Gasteiger partial charge in [0.1, 0.15) is 5.00 Å². The summed E-state index contributed by atoms with van der Waals surface area (Å²) < 4.78 is 5.54. The van der Waals surface area contributed by atoms with E-state index < -0.39 is 0 Å². The molecular weight excluding hydrogens is 358 g/mol. The second-order valence-electron chi connectivity index (χ2n) is 6.58. The standard InChI is InChI=1S/C18H24ClN3O2S/c1-5-14(19)16-13-6-7-21(8-15(13)25-17(16)20-4)18(23)22-11(2)9-24-10-12(22)3/h5,11-12H,4,6-10H2,1-3H3. The van der Waals surface area contributed by atoms with Gasteiger partial charge in [0.25, 0.3) is 0 Å². The van der Waals surface area contributed by atoms with Gasteiger partial charge in [-0.1, -0.05) is 17.7 Å². The topological polar surface area (TPSA) is 45.1 Å². The van der Waals surface area contributed by atoms with Crippen LogP contribution in [0.1, 0.15) is 36.8 Å². The summed E-state index contributed by atoms with van der Waals surface area (Å²) in [5.74, 6) is 0. The Bertz CT molecular complexity index is 705. The lowest BCUT2D eigenvalue weighted by Crippen LogP contribution is -2.57. The average Bonchev–Trinajstić information content (AvgIpc) is 2.98. The van der Waals surface area contributed by atoms with E-state index in [1.54, 1.807) is 11.3 Å². The summed E-state index contributed by atoms with van der Waals surface area (Å²) >= 11 is 7.97. The number of thiophene rings is 1. The fourth-order valence-electron chi connectivity index (χ4n) is 3.60. The van der Waals surface area contributed by atoms with E-state index >= 15 is 0 Å². The van der Waals surface area contributed by atoms with Gasteiger partial charge in [-0.15, -0.1) is 11.3 Å². The molecule has 1 aromatic heterocycles. The van der Waals surface area contributed by atoms with Crippen molar-refractivity contribution in [3.8, 4) is 0 Å². The van der Waals surface area contributed by atoms with Crippen molar-refractivity contribution in [1.29, 1.82) is 0 Å². The van der Waals surface area contributed by atoms with E-state index in [9.17, 15) is 4.79 Å². The number of carbonyl (C=O) groups is 1. The smallest absolute Gasteiger partial charge is 0.320 e. The fourth-order valence-corrected chi connectivity index (χ4v) is 5.04. The van der Waals surface area contributed by atoms with E-state index in [4.69, 9.17) is 16.3 Å². The van der Waals surface area contributed by atoms with Gasteiger partial charge in [-0.05, 0) is 39.5 Å². The lowest BCUT2D eigenvalue weighted by Gasteiger charge is -2.42. The number of halogens is 1. The molecule has 1 saturated heterocycles. The molecule has 2 aliphatic heterocycles. The molecule has 0 radical (unpaired) electrons. The normalized spacial score (nSPS) is 24.2. The minimum Gasteiger partial charge on any atom is -0.377 e. The highest BCUT2D eigenvalue weighted by Crippen LogP contribution is 2.43. The molecule has 7 heteroatoms. The molecule has 2 atom stereocenters. The SMILES string of the molecule is C=Nc1sc2c(c1C(Cl)=CC)CCN(C(=O)N1C(C)COCC1C)C2. The van der Waals surface area contributed by atoms with Crippen molar-refractivity contribution in [1.82, 2.24) is 9.80 Å². The van der Waals surface area contributed by atoms with Crippen LogP contribution in [0.4, 0.5) is 9.80 Å². The van der Waals surface area contributed by atoms with Crippen molar-refractivity contribution in [3.63, 3.8) is 0 Å². The van der Waals surface area contributed by atoms with Gasteiger partial charge in [0.15, 0.2) is 0 Å². The first-order chi connectivity index (χ1) is 12.0. The molecule has 0 aliphatic carbocycles. The van der Waals surface area contributed by atoms with Crippen LogP contribution in [0.2, 0.25) is 0 Å². The number of urea groups is 1. The summed E-state index contributed by atoms with van der Waals surface area (Å²) in [4.78, 5) is 22.2. The Morgan fingerprint density at radius 3 is 2.68 bits per heavy atom. The molecule has 5 nitrogen and oxygen atoms in total. The second kappa shape index (κ2) is 7.48. The predicted octanol–water partition coefficient (Wildman–Crippen LogP) is 4.27. The first-order valence-corrected chi connectivity index (χ1v) is 9.75. The highest BCUT2D eigenvalue weighted by atomic mass is 35.5. The number of aliphatic imine (C=N–C) groups is 1. The molecule has 136 valence electrons. The minimum absolute atomic E-state index is 0.0918. The number of nitrogens with zero attached hydrogens (tertiary/aromatic N) is 3. The molecule has 3 rings (SSSR count). The Morgan fingerprint density at radius 2 is 2.08 bits per heavy atom. The zero-order valence-corrected chi connectivity index (χ0v) is 16.5. The van der Waals surface area contributed by atoms with E-state index in [0.29, 0.717) is 31.3 Å². The maximum absolute atomic E-state index is 13.1. The van der Waals surface area contributed by atoms with Crippen LogP contribution in [0.3, 0.4) is 0 Å². The van der Waals surface area contributed by atoms with Crippen LogP contribution in [0.25, 0.3) is 5.03 Å². The van der Waals surface area contributed by atoms with Gasteiger partial charge in [-0.3, -0.25) is 4.99 Å². The predicted molar refractivity (Wildman–Crippen MR) is 104 cm³/mol. The van der Waals surface area contributed by atoms with Crippen LogP contribution in [0, 0.1) is 0 Å². The van der Waals surface area contributed by atoms with Crippen molar-refractivity contribution in [2.45, 2.75) is 45.8 Å². The van der Waals surface area contributed by atoms with E-state index in [1.807, 2.05) is 36.6 Å². The van der Waals surface area contributed by atoms with Crippen molar-refractivity contribution in [3.05, 3.63) is 22.1 Å². The number of carbonyl (C=O) groups excluding carboxylic acids is 1. The molecule has 0 spiro atoms. The Kier molecular flexibility index (Phi) is 5.51. The van der Waals surface area contributed by atoms with Gasteiger partial charge >= 0.3 is 6.03 Å². The number of allylic oxidation sites excluding steroid dienone is 1. The Labute approximate surface area is 157 Å². The molecule has 2 aliphatic rings. The zero-order chi connectivity index (χ0) is 18.1. The molecule has 0 saturated carbocycles. The largest absolute Gasteiger partial charge is 0.377 e. The summed E-state index contributed by atoms with van der Waals surface area (Å²) in [6, 6.07) is 0.285. The van der Waals surface area contributed by atoms with Gasteiger partial charge in [-0.25, -0.2) is 4.79 Å². The number of fused-ring (bicyclic) bond motifs is 1. The van der Waals surface area contributed by atoms with E-state index in [2.05, 4.69) is 11.7 Å². The molecule has 0 bridgehead atoms. The van der Waals surface area contributed by atoms with Crippen molar-refractivity contribution in [2.24, 2.45) is 4.99 Å². The van der Waals surface area contributed by atoms with Crippen LogP contribution in [0.15, 0.2) is 11.1 Å². The van der Waals surface area contributed by atoms with Gasteiger partial charge in [0.2, 0.25) is 0 Å². The number of hydrogen-bond donors (Lipinski definition) is 0. The first-order valence-electron chi connectivity index (χ1n) is 8.56. The van der Waals surface area contributed by atoms with Crippen LogP contribution < -0.4 is 0 Å². The number of ether oxygens (including phenoxy) is 1. The van der Waals surface area contributed by atoms with Crippen LogP contribution in [-0.4, -0.2) is 54.4 Å². The third-order valence-electron chi connectivity index (χ3n) is 4.83. The number of hydrogen-bond acceptors (Lipinski definition) is 4. The Balaban J connectivity index is 1.85. The summed E-state index contributed by atoms with van der Waals surface area (Å²) in [6.45, 7) is 12.2. The Morgan fingerprint density at radius 1 is 1.40 bits per heavy atom. The Hall–Kier alpha value is -1.37. The highest BCUT2D eigenvalue weighted by Gasteiger charge is 2.35. The van der Waals surface area contributed by atoms with E-state index in [1.165, 1.54) is 5.56 Å². The maximum atomic E-state index is 13.1. The number of morpholine rings is 1. The number of rotatable bonds is 2. The van der Waals surface area contributed by atoms with Crippen LogP contribution in [-0.2, 0) is 17.7 Å². The maximum Gasteiger partial charge on any atom is 0.320 e. The molecule has 3 heterocycles. The molecule has 0 N–H and O–H groups in total. The first kappa shape index (κ1) is 18.4. The number of amides is 2. The summed E-state index contributed by atoms with van der Waals surface area (Å²) in [6.07, 6.45) is 2.67. The average molecular weight is 382 g/mol. The van der Waals surface area contributed by atoms with Crippen molar-refractivity contribution >= 4 is 45.7 Å². The lowest BCUT2D eigenvalue weighted by atomic mass is 10.0. The highest BCUT2D eigenvalue weighted by molar-refractivity contribution is 7.16. The fraction of sp³-hybridized carbons (Fsp3) is 0.556. The summed E-state index contributed by atoms with van der Waals surface area (Å²) in [5.41, 5.74) is 2.20. The van der Waals surface area contributed by atoms with E-state index in [-0.39, 0.29) is 18.1 Å². The third kappa shape index (κ3) is 3.35. The monoisotopic (exact) mass is 381 g/mol. The molecule has 2 unspecified atom stereocenters. The van der Waals surface area contributed by atoms with Gasteiger partial charge in [0, 0.05) is 22.0 Å². The molecule has 25 heavy (non-hydrogen) atoms. The third-order valence-corrected chi connectivity index (χ3v) is 6.39. The second-order valence-corrected chi connectivity index (χ2v) is 8.07. The van der Waals surface area contributed by atoms with Gasteiger partial charge < -0.3 is 14.5 Å². The molecular formula is C18H24ClN3O2S. The van der Waals surface area contributed by atoms with Crippen molar-refractivity contribution < 1.29 is 9.53 Å². The van der Waals surface area contributed by atoms with Crippen LogP contribution in [0.5, 0.6) is 0 Å². The quantitative estimate of drug-likeness (QED) is 0.718. The molecule has 0 aromatic carbocycles. The van der Waals surface area contributed by atoms with Gasteiger partial charge in [0.05, 0.1) is 31.8 Å². The van der Waals surface area contributed by atoms with Gasteiger partial charge in [-0.2, -0.15) is 0 Å². The minimum atomic E-state index is 0.0918. The summed E-state index contributed by atoms with van der Waals surface area (Å²) in [7, 11) is 0. The molecule has 2 amide bonds. The van der Waals surface area contributed by atoms with Crippen molar-refractivity contribution in [2.75, 3.05) is 19.8 Å².